The number of carbonyl (C=O) groups is 2. The molecule has 0 aliphatic carbocycles. The van der Waals surface area contributed by atoms with E-state index in [-0.39, 0.29) is 37.1 Å². The van der Waals surface area contributed by atoms with Crippen LogP contribution in [0.4, 0.5) is 0 Å². The number of ketones is 1. The van der Waals surface area contributed by atoms with E-state index in [2.05, 4.69) is 5.48 Å². The van der Waals surface area contributed by atoms with Crippen LogP contribution in [0.3, 0.4) is 0 Å². The standard InChI is InChI=1S/C49H51BN2O9S/c53-31-35-19-23-37(24-20-35)44-30-43(33-62-49-51-46(38-11-5-3-6-12-38)47(61-49)39-13-7-4-8-14-39)59-48(60-44)40-25-17-34(18-26-40)29-42(54)15-9-1-2-10-16-45(55)52-58-32-36-21-27-41(28-22-36)50(56)57/h3-8,11-14,17-28,43-44,48,53,56-57H,1-2,9-10,15-16,29-33H2,(H,52,55)/t43-,44+,48?/m1/s1. The van der Waals surface area contributed by atoms with Gasteiger partial charge in [-0.25, -0.2) is 10.5 Å². The molecule has 1 amide bonds. The highest BCUT2D eigenvalue weighted by Gasteiger charge is 2.33. The van der Waals surface area contributed by atoms with Crippen LogP contribution in [0.15, 0.2) is 143 Å². The second-order valence-electron chi connectivity index (χ2n) is 15.4. The zero-order valence-corrected chi connectivity index (χ0v) is 35.3. The van der Waals surface area contributed by atoms with E-state index in [0.29, 0.717) is 48.5 Å². The van der Waals surface area contributed by atoms with E-state index in [4.69, 9.17) is 23.7 Å². The van der Waals surface area contributed by atoms with Crippen LogP contribution in [0.25, 0.3) is 22.6 Å². The Balaban J connectivity index is 0.890. The van der Waals surface area contributed by atoms with Gasteiger partial charge in [-0.3, -0.25) is 14.4 Å². The van der Waals surface area contributed by atoms with Crippen molar-refractivity contribution in [1.29, 1.82) is 0 Å². The van der Waals surface area contributed by atoms with Gasteiger partial charge in [-0.05, 0) is 40.6 Å². The number of hydrogen-bond donors (Lipinski definition) is 4. The van der Waals surface area contributed by atoms with Gasteiger partial charge >= 0.3 is 7.12 Å². The van der Waals surface area contributed by atoms with Crippen molar-refractivity contribution in [3.63, 3.8) is 0 Å². The fourth-order valence-electron chi connectivity index (χ4n) is 7.23. The minimum atomic E-state index is -1.53. The normalized spacial score (nSPS) is 16.2. The van der Waals surface area contributed by atoms with E-state index >= 15 is 0 Å². The Morgan fingerprint density at radius 2 is 1.35 bits per heavy atom. The van der Waals surface area contributed by atoms with E-state index in [1.165, 1.54) is 11.8 Å². The molecule has 62 heavy (non-hydrogen) atoms. The molecule has 13 heteroatoms. The Kier molecular flexibility index (Phi) is 16.3. The lowest BCUT2D eigenvalue weighted by Gasteiger charge is -2.36. The molecule has 0 radical (unpaired) electrons. The third-order valence-electron chi connectivity index (χ3n) is 10.7. The third-order valence-corrected chi connectivity index (χ3v) is 11.6. The summed E-state index contributed by atoms with van der Waals surface area (Å²) in [6, 6.07) is 42.3. The van der Waals surface area contributed by atoms with E-state index < -0.39 is 13.4 Å². The molecule has 320 valence electrons. The summed E-state index contributed by atoms with van der Waals surface area (Å²) in [5.74, 6) is 1.26. The predicted molar refractivity (Wildman–Crippen MR) is 239 cm³/mol. The summed E-state index contributed by atoms with van der Waals surface area (Å²) >= 11 is 1.51. The van der Waals surface area contributed by atoms with E-state index in [9.17, 15) is 24.7 Å². The number of nitrogens with one attached hydrogen (secondary N) is 1. The Morgan fingerprint density at radius 3 is 2.03 bits per heavy atom. The molecule has 1 fully saturated rings. The van der Waals surface area contributed by atoms with E-state index in [1.54, 1.807) is 24.3 Å². The second kappa shape index (κ2) is 22.6. The minimum Gasteiger partial charge on any atom is -0.431 e. The number of benzene rings is 5. The minimum absolute atomic E-state index is 0.0330. The third kappa shape index (κ3) is 12.8. The summed E-state index contributed by atoms with van der Waals surface area (Å²) < 4.78 is 19.6. The van der Waals surface area contributed by atoms with Gasteiger partial charge in [0.1, 0.15) is 11.5 Å². The van der Waals surface area contributed by atoms with Crippen LogP contribution in [0.2, 0.25) is 0 Å². The van der Waals surface area contributed by atoms with Gasteiger partial charge in [0.05, 0.1) is 25.4 Å². The Morgan fingerprint density at radius 1 is 0.726 bits per heavy atom. The van der Waals surface area contributed by atoms with Crippen LogP contribution < -0.4 is 10.9 Å². The van der Waals surface area contributed by atoms with Crippen LogP contribution in [-0.4, -0.2) is 50.8 Å². The summed E-state index contributed by atoms with van der Waals surface area (Å²) in [5.41, 5.74) is 9.95. The molecule has 3 atom stereocenters. The zero-order valence-electron chi connectivity index (χ0n) is 34.4. The number of oxazole rings is 1. The maximum Gasteiger partial charge on any atom is 0.488 e. The van der Waals surface area contributed by atoms with Crippen molar-refractivity contribution in [1.82, 2.24) is 10.5 Å². The van der Waals surface area contributed by atoms with Crippen LogP contribution >= 0.6 is 11.8 Å². The van der Waals surface area contributed by atoms with Crippen molar-refractivity contribution < 1.29 is 43.5 Å². The van der Waals surface area contributed by atoms with Gasteiger partial charge in [0.2, 0.25) is 5.91 Å². The van der Waals surface area contributed by atoms with Gasteiger partial charge in [-0.15, -0.1) is 0 Å². The molecular formula is C49H51BN2O9S. The first-order chi connectivity index (χ1) is 30.3. The number of unbranched alkanes of at least 4 members (excludes halogenated alkanes) is 3. The largest absolute Gasteiger partial charge is 0.488 e. The highest BCUT2D eigenvalue weighted by Crippen LogP contribution is 2.41. The number of ether oxygens (including phenoxy) is 2. The van der Waals surface area contributed by atoms with Gasteiger partial charge in [0.15, 0.2) is 12.1 Å². The topological polar surface area (TPSA) is 161 Å². The SMILES string of the molecule is O=C(CCCCCCC(=O)NOCc1ccc(B(O)O)cc1)Cc1ccc(C2O[C@@H](CSc3nc(-c4ccccc4)c(-c4ccccc4)o3)C[C@@H](c3ccc(CO)cc3)O2)cc1. The van der Waals surface area contributed by atoms with Crippen LogP contribution in [-0.2, 0) is 43.5 Å². The molecule has 0 spiro atoms. The second-order valence-corrected chi connectivity index (χ2v) is 16.3. The number of thioether (sulfide) groups is 1. The summed E-state index contributed by atoms with van der Waals surface area (Å²) in [7, 11) is -1.53. The van der Waals surface area contributed by atoms with Crippen molar-refractivity contribution in [3.8, 4) is 22.6 Å². The first-order valence-electron chi connectivity index (χ1n) is 21.0. The van der Waals surface area contributed by atoms with Crippen molar-refractivity contribution in [2.75, 3.05) is 5.75 Å². The lowest BCUT2D eigenvalue weighted by atomic mass is 9.80. The summed E-state index contributed by atoms with van der Waals surface area (Å²) in [6.45, 7) is 0.135. The molecule has 1 unspecified atom stereocenters. The Labute approximate surface area is 366 Å². The molecule has 11 nitrogen and oxygen atoms in total. The van der Waals surface area contributed by atoms with Gasteiger partial charge in [0.25, 0.3) is 5.22 Å². The highest BCUT2D eigenvalue weighted by molar-refractivity contribution is 7.99. The first kappa shape index (κ1) is 44.7. The fraction of sp³-hybridized carbons (Fsp3) is 0.286. The molecule has 1 aliphatic rings. The van der Waals surface area contributed by atoms with Gasteiger partial charge in [-0.2, -0.15) is 0 Å². The number of hydroxylamine groups is 1. The fourth-order valence-corrected chi connectivity index (χ4v) is 8.07. The van der Waals surface area contributed by atoms with E-state index in [1.807, 2.05) is 109 Å². The van der Waals surface area contributed by atoms with E-state index in [0.717, 1.165) is 69.7 Å². The lowest BCUT2D eigenvalue weighted by molar-refractivity contribution is -0.245. The average molecular weight is 855 g/mol. The molecule has 4 N–H and O–H groups in total. The monoisotopic (exact) mass is 854 g/mol. The molecule has 0 bridgehead atoms. The number of aliphatic hydroxyl groups excluding tert-OH is 1. The molecule has 1 saturated heterocycles. The number of Topliss-reactive ketones (excluding diaryl/α,β-unsaturated/α-hetero) is 1. The molecule has 7 rings (SSSR count). The zero-order chi connectivity index (χ0) is 43.1. The molecule has 6 aromatic rings. The van der Waals surface area contributed by atoms with Crippen LogP contribution in [0.5, 0.6) is 0 Å². The van der Waals surface area contributed by atoms with Crippen molar-refractivity contribution >= 4 is 36.0 Å². The Bertz CT molecular complexity index is 2250. The maximum absolute atomic E-state index is 12.9. The smallest absolute Gasteiger partial charge is 0.431 e. The van der Waals surface area contributed by atoms with Gasteiger partial charge < -0.3 is 29.0 Å². The number of carbonyl (C=O) groups excluding carboxylic acids is 2. The van der Waals surface area contributed by atoms with Crippen molar-refractivity contribution in [2.24, 2.45) is 0 Å². The van der Waals surface area contributed by atoms with Crippen LogP contribution in [0.1, 0.15) is 85.2 Å². The highest BCUT2D eigenvalue weighted by atomic mass is 32.2. The summed E-state index contributed by atoms with van der Waals surface area (Å²) in [4.78, 5) is 35.3. The molecule has 1 aliphatic heterocycles. The van der Waals surface area contributed by atoms with Crippen LogP contribution in [0, 0.1) is 0 Å². The Hall–Kier alpha value is -5.38. The maximum atomic E-state index is 12.9. The van der Waals surface area contributed by atoms with Gasteiger partial charge in [-0.1, -0.05) is 158 Å². The number of amides is 1. The summed E-state index contributed by atoms with van der Waals surface area (Å²) in [5, 5.41) is 28.6. The quantitative estimate of drug-likeness (QED) is 0.0239. The first-order valence-corrected chi connectivity index (χ1v) is 22.0. The number of rotatable bonds is 21. The predicted octanol–water partition coefficient (Wildman–Crippen LogP) is 8.22. The molecular weight excluding hydrogens is 803 g/mol. The number of aliphatic hydroxyl groups is 1. The number of hydrogen-bond acceptors (Lipinski definition) is 11. The molecule has 2 heterocycles. The molecule has 5 aromatic carbocycles. The van der Waals surface area contributed by atoms with Gasteiger partial charge in [0, 0.05) is 48.1 Å². The number of aromatic nitrogens is 1. The van der Waals surface area contributed by atoms with Crippen molar-refractivity contribution in [3.05, 3.63) is 161 Å². The number of nitrogens with zero attached hydrogens (tertiary/aromatic N) is 1. The summed E-state index contributed by atoms with van der Waals surface area (Å²) in [6.07, 6.45) is 3.78. The lowest BCUT2D eigenvalue weighted by Crippen LogP contribution is -2.31. The molecule has 0 saturated carbocycles. The molecule has 1 aromatic heterocycles. The average Bonchev–Trinajstić information content (AvgIpc) is 3.75. The van der Waals surface area contributed by atoms with Crippen molar-refractivity contribution in [2.45, 2.75) is 88.3 Å².